The maximum Gasteiger partial charge on any atom is 0.158 e. The van der Waals surface area contributed by atoms with E-state index in [1.165, 1.54) is 11.8 Å². The molecule has 2 aromatic rings. The van der Waals surface area contributed by atoms with Crippen LogP contribution in [0, 0.1) is 5.41 Å². The van der Waals surface area contributed by atoms with Gasteiger partial charge in [0.1, 0.15) is 16.7 Å². The number of halogens is 1. The van der Waals surface area contributed by atoms with Gasteiger partial charge in [-0.25, -0.2) is 15.0 Å². The van der Waals surface area contributed by atoms with Gasteiger partial charge < -0.3 is 21.1 Å². The monoisotopic (exact) mass is 406 g/mol. The van der Waals surface area contributed by atoms with Crippen LogP contribution in [0.4, 0.5) is 17.5 Å². The second-order valence-electron chi connectivity index (χ2n) is 7.34. The summed E-state index contributed by atoms with van der Waals surface area (Å²) in [6, 6.07) is 1.78. The van der Waals surface area contributed by atoms with E-state index in [1.54, 1.807) is 18.5 Å². The number of rotatable bonds is 3. The van der Waals surface area contributed by atoms with E-state index in [1.807, 2.05) is 0 Å². The topological polar surface area (TPSA) is 103 Å². The van der Waals surface area contributed by atoms with Crippen LogP contribution in [0.3, 0.4) is 0 Å². The van der Waals surface area contributed by atoms with E-state index in [0.717, 1.165) is 49.7 Å². The summed E-state index contributed by atoms with van der Waals surface area (Å²) in [6.07, 6.45) is 7.14. The number of piperidine rings is 1. The van der Waals surface area contributed by atoms with Crippen molar-refractivity contribution in [3.63, 3.8) is 0 Å². The Morgan fingerprint density at radius 2 is 2.04 bits per heavy atom. The third kappa shape index (κ3) is 3.79. The molecule has 4 rings (SSSR count). The molecule has 9 heteroatoms. The van der Waals surface area contributed by atoms with Gasteiger partial charge in [-0.2, -0.15) is 0 Å². The van der Waals surface area contributed by atoms with E-state index in [4.69, 9.17) is 27.8 Å². The van der Waals surface area contributed by atoms with Crippen LogP contribution in [0.25, 0.3) is 0 Å². The Morgan fingerprint density at radius 1 is 1.26 bits per heavy atom. The highest BCUT2D eigenvalue weighted by Gasteiger charge is 2.41. The van der Waals surface area contributed by atoms with Gasteiger partial charge in [-0.3, -0.25) is 0 Å². The van der Waals surface area contributed by atoms with Gasteiger partial charge in [-0.1, -0.05) is 23.4 Å². The predicted molar refractivity (Wildman–Crippen MR) is 108 cm³/mol. The van der Waals surface area contributed by atoms with Crippen LogP contribution in [0.15, 0.2) is 28.4 Å². The quantitative estimate of drug-likeness (QED) is 0.800. The van der Waals surface area contributed by atoms with Gasteiger partial charge in [0.25, 0.3) is 0 Å². The minimum absolute atomic E-state index is 0.289. The summed E-state index contributed by atoms with van der Waals surface area (Å²) in [5, 5.41) is 1.01. The first-order chi connectivity index (χ1) is 13.0. The Labute approximate surface area is 167 Å². The van der Waals surface area contributed by atoms with Gasteiger partial charge in [0.2, 0.25) is 0 Å². The lowest BCUT2D eigenvalue weighted by Gasteiger charge is -2.38. The van der Waals surface area contributed by atoms with Crippen molar-refractivity contribution < 1.29 is 4.74 Å². The number of pyridine rings is 1. The molecule has 1 spiro atoms. The zero-order chi connectivity index (χ0) is 19.0. The van der Waals surface area contributed by atoms with Gasteiger partial charge in [0.15, 0.2) is 5.82 Å². The molecule has 2 fully saturated rings. The molecule has 0 aromatic carbocycles. The highest BCUT2D eigenvalue weighted by atomic mass is 35.5. The Kier molecular flexibility index (Phi) is 5.05. The third-order valence-corrected chi connectivity index (χ3v) is 6.96. The molecule has 1 atom stereocenters. The maximum atomic E-state index is 6.20. The Hall–Kier alpha value is -1.77. The molecule has 144 valence electrons. The van der Waals surface area contributed by atoms with Crippen molar-refractivity contribution in [2.75, 3.05) is 36.1 Å². The van der Waals surface area contributed by atoms with Crippen LogP contribution in [-0.4, -0.2) is 40.8 Å². The SMILES string of the molecule is C[C@H]1CC2(CCN(c3cnc(Sc4ccnc(N)c4Cl)c(N)n3)CC2)CO1. The summed E-state index contributed by atoms with van der Waals surface area (Å²) in [7, 11) is 0. The third-order valence-electron chi connectivity index (χ3n) is 5.38. The number of hydrogen-bond donors (Lipinski definition) is 2. The van der Waals surface area contributed by atoms with E-state index in [2.05, 4.69) is 26.8 Å². The minimum atomic E-state index is 0.289. The van der Waals surface area contributed by atoms with Crippen molar-refractivity contribution in [3.8, 4) is 0 Å². The number of hydrogen-bond acceptors (Lipinski definition) is 8. The largest absolute Gasteiger partial charge is 0.382 e. The molecule has 0 radical (unpaired) electrons. The molecule has 0 aliphatic carbocycles. The highest BCUT2D eigenvalue weighted by molar-refractivity contribution is 7.99. The fraction of sp³-hybridized carbons (Fsp3) is 0.500. The maximum absolute atomic E-state index is 6.20. The van der Waals surface area contributed by atoms with Crippen molar-refractivity contribution in [2.24, 2.45) is 5.41 Å². The van der Waals surface area contributed by atoms with E-state index in [0.29, 0.717) is 27.4 Å². The van der Waals surface area contributed by atoms with Gasteiger partial charge in [-0.15, -0.1) is 0 Å². The lowest BCUT2D eigenvalue weighted by Crippen LogP contribution is -2.41. The molecule has 2 aromatic heterocycles. The van der Waals surface area contributed by atoms with Gasteiger partial charge in [0.05, 0.1) is 23.9 Å². The van der Waals surface area contributed by atoms with E-state index in [9.17, 15) is 0 Å². The van der Waals surface area contributed by atoms with Crippen molar-refractivity contribution in [1.82, 2.24) is 15.0 Å². The average molecular weight is 407 g/mol. The molecule has 2 aliphatic heterocycles. The first-order valence-electron chi connectivity index (χ1n) is 9.03. The lowest BCUT2D eigenvalue weighted by molar-refractivity contribution is 0.0976. The van der Waals surface area contributed by atoms with Crippen LogP contribution in [0.1, 0.15) is 26.2 Å². The molecule has 0 unspecified atom stereocenters. The molecule has 0 bridgehead atoms. The van der Waals surface area contributed by atoms with Crippen molar-refractivity contribution in [3.05, 3.63) is 23.5 Å². The molecule has 4 N–H and O–H groups in total. The second-order valence-corrected chi connectivity index (χ2v) is 8.75. The van der Waals surface area contributed by atoms with Crippen molar-refractivity contribution >= 4 is 40.8 Å². The van der Waals surface area contributed by atoms with Crippen LogP contribution in [0.5, 0.6) is 0 Å². The Bertz CT molecular complexity index is 843. The minimum Gasteiger partial charge on any atom is -0.382 e. The molecular formula is C18H23ClN6OS. The first-order valence-corrected chi connectivity index (χ1v) is 10.2. The van der Waals surface area contributed by atoms with Gasteiger partial charge >= 0.3 is 0 Å². The molecule has 2 aliphatic rings. The molecule has 0 amide bonds. The number of aromatic nitrogens is 3. The van der Waals surface area contributed by atoms with Crippen LogP contribution in [0.2, 0.25) is 5.02 Å². The zero-order valence-corrected chi connectivity index (χ0v) is 16.8. The Morgan fingerprint density at radius 3 is 2.70 bits per heavy atom. The summed E-state index contributed by atoms with van der Waals surface area (Å²) in [5.41, 5.74) is 12.3. The van der Waals surface area contributed by atoms with E-state index in [-0.39, 0.29) is 5.82 Å². The second kappa shape index (κ2) is 7.33. The Balaban J connectivity index is 1.45. The van der Waals surface area contributed by atoms with Crippen molar-refractivity contribution in [2.45, 2.75) is 42.2 Å². The zero-order valence-electron chi connectivity index (χ0n) is 15.2. The molecular weight excluding hydrogens is 384 g/mol. The van der Waals surface area contributed by atoms with Gasteiger partial charge in [0, 0.05) is 24.2 Å². The number of nitrogen functional groups attached to an aromatic ring is 2. The number of anilines is 3. The molecule has 2 saturated heterocycles. The normalized spacial score (nSPS) is 21.7. The van der Waals surface area contributed by atoms with Crippen molar-refractivity contribution in [1.29, 1.82) is 0 Å². The summed E-state index contributed by atoms with van der Waals surface area (Å²) < 4.78 is 5.80. The average Bonchev–Trinajstić information content (AvgIpc) is 3.01. The molecule has 27 heavy (non-hydrogen) atoms. The van der Waals surface area contributed by atoms with Crippen LogP contribution < -0.4 is 16.4 Å². The number of nitrogens with two attached hydrogens (primary N) is 2. The van der Waals surface area contributed by atoms with Crippen LogP contribution in [-0.2, 0) is 4.74 Å². The first kappa shape index (κ1) is 18.6. The summed E-state index contributed by atoms with van der Waals surface area (Å²) >= 11 is 7.54. The van der Waals surface area contributed by atoms with E-state index >= 15 is 0 Å². The molecule has 4 heterocycles. The molecule has 7 nitrogen and oxygen atoms in total. The fourth-order valence-electron chi connectivity index (χ4n) is 3.84. The van der Waals surface area contributed by atoms with E-state index < -0.39 is 0 Å². The predicted octanol–water partition coefficient (Wildman–Crippen LogP) is 3.24. The fourth-order valence-corrected chi connectivity index (χ4v) is 4.86. The van der Waals surface area contributed by atoms with Gasteiger partial charge in [-0.05, 0) is 37.7 Å². The number of nitrogens with zero attached hydrogens (tertiary/aromatic N) is 4. The number of ether oxygens (including phenoxy) is 1. The standard InChI is InChI=1S/C18H23ClN6OS/c1-11-8-18(10-26-11)3-6-25(7-4-18)13-9-23-17(16(21)24-13)27-12-2-5-22-15(20)14(12)19/h2,5,9,11H,3-4,6-8,10H2,1H3,(H2,20,22)(H2,21,24)/t11-/m0/s1. The summed E-state index contributed by atoms with van der Waals surface area (Å²) in [6.45, 7) is 4.93. The summed E-state index contributed by atoms with van der Waals surface area (Å²) in [5.74, 6) is 1.50. The lowest BCUT2D eigenvalue weighted by atomic mass is 9.77. The highest BCUT2D eigenvalue weighted by Crippen LogP contribution is 2.43. The van der Waals surface area contributed by atoms with Crippen LogP contribution >= 0.6 is 23.4 Å². The summed E-state index contributed by atoms with van der Waals surface area (Å²) in [4.78, 5) is 16.1. The molecule has 0 saturated carbocycles. The smallest absolute Gasteiger partial charge is 0.158 e.